The van der Waals surface area contributed by atoms with E-state index < -0.39 is 11.9 Å². The first kappa shape index (κ1) is 19.0. The maximum atomic E-state index is 12.0. The second kappa shape index (κ2) is 9.18. The SMILES string of the molecule is CC(C)CCOC(=O)c1cc(N)cc(C(=O)OCCC(C)C)c1. The Hall–Kier alpha value is -2.04. The molecule has 0 bridgehead atoms. The molecular weight excluding hydrogens is 294 g/mol. The largest absolute Gasteiger partial charge is 0.462 e. The molecule has 23 heavy (non-hydrogen) atoms. The Balaban J connectivity index is 2.70. The van der Waals surface area contributed by atoms with Crippen molar-refractivity contribution in [3.63, 3.8) is 0 Å². The molecule has 0 unspecified atom stereocenters. The average Bonchev–Trinajstić information content (AvgIpc) is 2.45. The highest BCUT2D eigenvalue weighted by atomic mass is 16.5. The molecule has 0 saturated heterocycles. The number of nitrogen functional groups attached to an aromatic ring is 1. The first-order valence-corrected chi connectivity index (χ1v) is 8.04. The highest BCUT2D eigenvalue weighted by molar-refractivity contribution is 5.96. The Morgan fingerprint density at radius 2 is 1.26 bits per heavy atom. The van der Waals surface area contributed by atoms with Gasteiger partial charge in [0.05, 0.1) is 24.3 Å². The summed E-state index contributed by atoms with van der Waals surface area (Å²) in [6.45, 7) is 8.91. The normalized spacial score (nSPS) is 10.9. The fraction of sp³-hybridized carbons (Fsp3) is 0.556. The second-order valence-corrected chi connectivity index (χ2v) is 6.48. The van der Waals surface area contributed by atoms with Crippen LogP contribution < -0.4 is 5.73 Å². The lowest BCUT2D eigenvalue weighted by molar-refractivity contribution is 0.0487. The lowest BCUT2D eigenvalue weighted by atomic mass is 10.1. The van der Waals surface area contributed by atoms with Gasteiger partial charge in [0, 0.05) is 5.69 Å². The molecule has 0 aromatic heterocycles. The first-order chi connectivity index (χ1) is 10.8. The lowest BCUT2D eigenvalue weighted by Crippen LogP contribution is -2.12. The third kappa shape index (κ3) is 7.17. The van der Waals surface area contributed by atoms with Crippen molar-refractivity contribution in [3.8, 4) is 0 Å². The number of esters is 2. The molecule has 1 aromatic rings. The summed E-state index contributed by atoms with van der Waals surface area (Å²) in [6, 6.07) is 4.47. The van der Waals surface area contributed by atoms with E-state index in [9.17, 15) is 9.59 Å². The maximum Gasteiger partial charge on any atom is 0.338 e. The molecule has 5 nitrogen and oxygen atoms in total. The fourth-order valence-corrected chi connectivity index (χ4v) is 1.83. The van der Waals surface area contributed by atoms with Gasteiger partial charge in [0.15, 0.2) is 0 Å². The number of anilines is 1. The molecule has 1 rings (SSSR count). The number of carbonyl (C=O) groups excluding carboxylic acids is 2. The Morgan fingerprint density at radius 1 is 0.870 bits per heavy atom. The highest BCUT2D eigenvalue weighted by Crippen LogP contribution is 2.15. The van der Waals surface area contributed by atoms with Gasteiger partial charge in [0.25, 0.3) is 0 Å². The Bertz CT molecular complexity index is 494. The van der Waals surface area contributed by atoms with E-state index in [2.05, 4.69) is 27.7 Å². The number of carbonyl (C=O) groups is 2. The third-order valence-electron chi connectivity index (χ3n) is 3.28. The summed E-state index contributed by atoms with van der Waals surface area (Å²) in [7, 11) is 0. The molecule has 0 amide bonds. The minimum Gasteiger partial charge on any atom is -0.462 e. The van der Waals surface area contributed by atoms with Gasteiger partial charge in [-0.25, -0.2) is 9.59 Å². The quantitative estimate of drug-likeness (QED) is 0.584. The van der Waals surface area contributed by atoms with Crippen molar-refractivity contribution in [2.45, 2.75) is 40.5 Å². The van der Waals surface area contributed by atoms with E-state index in [0.29, 0.717) is 30.7 Å². The summed E-state index contributed by atoms with van der Waals surface area (Å²) in [4.78, 5) is 24.1. The van der Waals surface area contributed by atoms with Crippen LogP contribution in [0.15, 0.2) is 18.2 Å². The monoisotopic (exact) mass is 321 g/mol. The number of rotatable bonds is 8. The second-order valence-electron chi connectivity index (χ2n) is 6.48. The van der Waals surface area contributed by atoms with Gasteiger partial charge in [0.1, 0.15) is 0 Å². The number of nitrogens with two attached hydrogens (primary N) is 1. The van der Waals surface area contributed by atoms with E-state index in [4.69, 9.17) is 15.2 Å². The van der Waals surface area contributed by atoms with Gasteiger partial charge in [-0.05, 0) is 42.9 Å². The molecule has 0 fully saturated rings. The van der Waals surface area contributed by atoms with Crippen molar-refractivity contribution >= 4 is 17.6 Å². The number of ether oxygens (including phenoxy) is 2. The van der Waals surface area contributed by atoms with Crippen LogP contribution in [0.25, 0.3) is 0 Å². The predicted molar refractivity (Wildman–Crippen MR) is 90.3 cm³/mol. The van der Waals surface area contributed by atoms with Gasteiger partial charge in [-0.2, -0.15) is 0 Å². The van der Waals surface area contributed by atoms with Gasteiger partial charge < -0.3 is 15.2 Å². The lowest BCUT2D eigenvalue weighted by Gasteiger charge is -2.10. The van der Waals surface area contributed by atoms with Crippen LogP contribution in [-0.4, -0.2) is 25.2 Å². The van der Waals surface area contributed by atoms with E-state index in [1.54, 1.807) is 0 Å². The zero-order chi connectivity index (χ0) is 17.4. The first-order valence-electron chi connectivity index (χ1n) is 8.04. The molecule has 0 spiro atoms. The van der Waals surface area contributed by atoms with Gasteiger partial charge in [-0.15, -0.1) is 0 Å². The van der Waals surface area contributed by atoms with E-state index in [-0.39, 0.29) is 11.1 Å². The van der Waals surface area contributed by atoms with Crippen molar-refractivity contribution in [2.75, 3.05) is 18.9 Å². The van der Waals surface area contributed by atoms with Crippen molar-refractivity contribution in [1.29, 1.82) is 0 Å². The molecule has 0 atom stereocenters. The third-order valence-corrected chi connectivity index (χ3v) is 3.28. The number of hydrogen-bond acceptors (Lipinski definition) is 5. The van der Waals surface area contributed by atoms with Crippen LogP contribution in [0.3, 0.4) is 0 Å². The zero-order valence-electron chi connectivity index (χ0n) is 14.4. The summed E-state index contributed by atoms with van der Waals surface area (Å²) in [5, 5.41) is 0. The average molecular weight is 321 g/mol. The summed E-state index contributed by atoms with van der Waals surface area (Å²) in [6.07, 6.45) is 1.58. The number of benzene rings is 1. The number of hydrogen-bond donors (Lipinski definition) is 1. The fourth-order valence-electron chi connectivity index (χ4n) is 1.83. The van der Waals surface area contributed by atoms with Gasteiger partial charge in [-0.3, -0.25) is 0 Å². The zero-order valence-corrected chi connectivity index (χ0v) is 14.4. The van der Waals surface area contributed by atoms with Gasteiger partial charge in [-0.1, -0.05) is 27.7 Å². The van der Waals surface area contributed by atoms with E-state index in [1.807, 2.05) is 0 Å². The van der Waals surface area contributed by atoms with Gasteiger partial charge in [0.2, 0.25) is 0 Å². The highest BCUT2D eigenvalue weighted by Gasteiger charge is 2.14. The van der Waals surface area contributed by atoms with Crippen molar-refractivity contribution in [1.82, 2.24) is 0 Å². The molecule has 0 radical (unpaired) electrons. The van der Waals surface area contributed by atoms with Crippen LogP contribution in [0.2, 0.25) is 0 Å². The minimum absolute atomic E-state index is 0.268. The molecule has 0 saturated carbocycles. The van der Waals surface area contributed by atoms with Crippen molar-refractivity contribution in [3.05, 3.63) is 29.3 Å². The Kier molecular flexibility index (Phi) is 7.59. The molecule has 0 aliphatic heterocycles. The van der Waals surface area contributed by atoms with E-state index in [0.717, 1.165) is 12.8 Å². The van der Waals surface area contributed by atoms with Crippen LogP contribution in [0.4, 0.5) is 5.69 Å². The van der Waals surface area contributed by atoms with Crippen molar-refractivity contribution < 1.29 is 19.1 Å². The van der Waals surface area contributed by atoms with Crippen LogP contribution in [0.1, 0.15) is 61.3 Å². The Morgan fingerprint density at radius 3 is 1.61 bits per heavy atom. The summed E-state index contributed by atoms with van der Waals surface area (Å²) in [5.41, 5.74) is 6.64. The summed E-state index contributed by atoms with van der Waals surface area (Å²) in [5.74, 6) is -0.0476. The molecule has 128 valence electrons. The minimum atomic E-state index is -0.478. The smallest absolute Gasteiger partial charge is 0.338 e. The topological polar surface area (TPSA) is 78.6 Å². The van der Waals surface area contributed by atoms with Crippen LogP contribution in [0.5, 0.6) is 0 Å². The summed E-state index contributed by atoms with van der Waals surface area (Å²) >= 11 is 0. The van der Waals surface area contributed by atoms with E-state index >= 15 is 0 Å². The van der Waals surface area contributed by atoms with E-state index in [1.165, 1.54) is 18.2 Å². The Labute approximate surface area is 138 Å². The standard InChI is InChI=1S/C18H27NO4/c1-12(2)5-7-22-17(20)14-9-15(11-16(19)10-14)18(21)23-8-6-13(3)4/h9-13H,5-8,19H2,1-4H3. The van der Waals surface area contributed by atoms with Crippen molar-refractivity contribution in [2.24, 2.45) is 11.8 Å². The molecule has 0 aliphatic rings. The van der Waals surface area contributed by atoms with Crippen LogP contribution >= 0.6 is 0 Å². The van der Waals surface area contributed by atoms with Gasteiger partial charge >= 0.3 is 11.9 Å². The predicted octanol–water partition coefficient (Wildman–Crippen LogP) is 3.67. The molecule has 5 heteroatoms. The van der Waals surface area contributed by atoms with Crippen LogP contribution in [-0.2, 0) is 9.47 Å². The summed E-state index contributed by atoms with van der Waals surface area (Å²) < 4.78 is 10.4. The molecule has 1 aromatic carbocycles. The van der Waals surface area contributed by atoms with Crippen LogP contribution in [0, 0.1) is 11.8 Å². The molecule has 0 aliphatic carbocycles. The molecular formula is C18H27NO4. The molecule has 0 heterocycles. The molecule has 2 N–H and O–H groups in total. The maximum absolute atomic E-state index is 12.0.